The first-order chi connectivity index (χ1) is 11.3. The summed E-state index contributed by atoms with van der Waals surface area (Å²) in [6.07, 6.45) is -0.584. The van der Waals surface area contributed by atoms with E-state index in [1.807, 2.05) is 26.0 Å². The largest absolute Gasteiger partial charge is 0.481 e. The summed E-state index contributed by atoms with van der Waals surface area (Å²) >= 11 is 6.01. The molecule has 2 aromatic carbocycles. The molecule has 0 aliphatic rings. The first-order valence-corrected chi connectivity index (χ1v) is 8.46. The Labute approximate surface area is 149 Å². The SMILES string of the molecule is Cc1ccc([C@H](C)NC(=O)[C@H](C)Oc2ccc(Cl)c(C)c2)cc1C. The number of aryl methyl sites for hydroxylation is 3. The summed E-state index contributed by atoms with van der Waals surface area (Å²) in [4.78, 5) is 12.4. The number of carbonyl (C=O) groups excluding carboxylic acids is 1. The van der Waals surface area contributed by atoms with E-state index in [9.17, 15) is 4.79 Å². The zero-order valence-corrected chi connectivity index (χ0v) is 15.6. The monoisotopic (exact) mass is 345 g/mol. The highest BCUT2D eigenvalue weighted by molar-refractivity contribution is 6.31. The van der Waals surface area contributed by atoms with Crippen LogP contribution in [0.2, 0.25) is 5.02 Å². The molecule has 0 aliphatic carbocycles. The number of ether oxygens (including phenoxy) is 1. The number of benzene rings is 2. The van der Waals surface area contributed by atoms with Crippen molar-refractivity contribution in [3.8, 4) is 5.75 Å². The molecular formula is C20H24ClNO2. The van der Waals surface area contributed by atoms with Crippen molar-refractivity contribution in [3.63, 3.8) is 0 Å². The van der Waals surface area contributed by atoms with Crippen LogP contribution in [0, 0.1) is 20.8 Å². The van der Waals surface area contributed by atoms with Crippen molar-refractivity contribution in [3.05, 3.63) is 63.7 Å². The van der Waals surface area contributed by atoms with Crippen molar-refractivity contribution in [1.29, 1.82) is 0 Å². The standard InChI is InChI=1S/C20H24ClNO2/c1-12-6-7-17(10-13(12)2)15(4)22-20(23)16(5)24-18-8-9-19(21)14(3)11-18/h6-11,15-16H,1-5H3,(H,22,23)/t15-,16-/m0/s1. The smallest absolute Gasteiger partial charge is 0.261 e. The fraction of sp³-hybridized carbons (Fsp3) is 0.350. The van der Waals surface area contributed by atoms with Gasteiger partial charge in [-0.3, -0.25) is 4.79 Å². The zero-order valence-electron chi connectivity index (χ0n) is 14.8. The van der Waals surface area contributed by atoms with E-state index in [0.29, 0.717) is 10.8 Å². The lowest BCUT2D eigenvalue weighted by Crippen LogP contribution is -2.37. The van der Waals surface area contributed by atoms with Crippen molar-refractivity contribution in [2.45, 2.75) is 46.8 Å². The van der Waals surface area contributed by atoms with Crippen LogP contribution >= 0.6 is 11.6 Å². The van der Waals surface area contributed by atoms with Gasteiger partial charge in [-0.05, 0) is 75.1 Å². The minimum atomic E-state index is -0.584. The van der Waals surface area contributed by atoms with Crippen LogP contribution in [-0.2, 0) is 4.79 Å². The highest BCUT2D eigenvalue weighted by Crippen LogP contribution is 2.22. The van der Waals surface area contributed by atoms with E-state index in [1.54, 1.807) is 19.1 Å². The van der Waals surface area contributed by atoms with Crippen LogP contribution in [0.5, 0.6) is 5.75 Å². The van der Waals surface area contributed by atoms with Crippen molar-refractivity contribution in [2.75, 3.05) is 0 Å². The van der Waals surface area contributed by atoms with Crippen molar-refractivity contribution >= 4 is 17.5 Å². The molecule has 2 rings (SSSR count). The second-order valence-electron chi connectivity index (χ2n) is 6.25. The lowest BCUT2D eigenvalue weighted by molar-refractivity contribution is -0.127. The van der Waals surface area contributed by atoms with Crippen LogP contribution in [0.3, 0.4) is 0 Å². The second kappa shape index (κ2) is 7.71. The summed E-state index contributed by atoms with van der Waals surface area (Å²) in [5, 5.41) is 3.68. The van der Waals surface area contributed by atoms with Gasteiger partial charge in [0.1, 0.15) is 5.75 Å². The lowest BCUT2D eigenvalue weighted by atomic mass is 10.0. The minimum Gasteiger partial charge on any atom is -0.481 e. The van der Waals surface area contributed by atoms with Gasteiger partial charge in [-0.1, -0.05) is 29.8 Å². The highest BCUT2D eigenvalue weighted by atomic mass is 35.5. The molecule has 2 aromatic rings. The lowest BCUT2D eigenvalue weighted by Gasteiger charge is -2.20. The molecular weight excluding hydrogens is 322 g/mol. The van der Waals surface area contributed by atoms with Gasteiger partial charge in [0.25, 0.3) is 5.91 Å². The molecule has 0 saturated carbocycles. The summed E-state index contributed by atoms with van der Waals surface area (Å²) in [7, 11) is 0. The van der Waals surface area contributed by atoms with E-state index < -0.39 is 6.10 Å². The van der Waals surface area contributed by atoms with E-state index >= 15 is 0 Å². The Hall–Kier alpha value is -2.00. The molecule has 0 aromatic heterocycles. The molecule has 0 aliphatic heterocycles. The van der Waals surface area contributed by atoms with Gasteiger partial charge in [-0.2, -0.15) is 0 Å². The maximum atomic E-state index is 12.4. The van der Waals surface area contributed by atoms with E-state index in [2.05, 4.69) is 31.3 Å². The predicted molar refractivity (Wildman–Crippen MR) is 98.8 cm³/mol. The van der Waals surface area contributed by atoms with E-state index in [0.717, 1.165) is 11.1 Å². The predicted octanol–water partition coefficient (Wildman–Crippen LogP) is 4.91. The Kier molecular flexibility index (Phi) is 5.89. The number of carbonyl (C=O) groups is 1. The van der Waals surface area contributed by atoms with Crippen molar-refractivity contribution in [1.82, 2.24) is 5.32 Å². The van der Waals surface area contributed by atoms with Crippen LogP contribution in [-0.4, -0.2) is 12.0 Å². The van der Waals surface area contributed by atoms with Gasteiger partial charge in [0.15, 0.2) is 6.10 Å². The zero-order chi connectivity index (χ0) is 17.9. The number of hydrogen-bond donors (Lipinski definition) is 1. The van der Waals surface area contributed by atoms with E-state index in [1.165, 1.54) is 11.1 Å². The fourth-order valence-electron chi connectivity index (χ4n) is 2.40. The van der Waals surface area contributed by atoms with Gasteiger partial charge in [-0.25, -0.2) is 0 Å². The van der Waals surface area contributed by atoms with Gasteiger partial charge in [0.2, 0.25) is 0 Å². The Balaban J connectivity index is 1.99. The Morgan fingerprint density at radius 2 is 1.71 bits per heavy atom. The second-order valence-corrected chi connectivity index (χ2v) is 6.65. The third-order valence-corrected chi connectivity index (χ3v) is 4.63. The topological polar surface area (TPSA) is 38.3 Å². The normalized spacial score (nSPS) is 13.2. The summed E-state index contributed by atoms with van der Waals surface area (Å²) in [6, 6.07) is 11.5. The molecule has 24 heavy (non-hydrogen) atoms. The number of hydrogen-bond acceptors (Lipinski definition) is 2. The van der Waals surface area contributed by atoms with Crippen LogP contribution in [0.1, 0.15) is 42.1 Å². The first kappa shape index (κ1) is 18.3. The summed E-state index contributed by atoms with van der Waals surface area (Å²) in [5.41, 5.74) is 4.47. The molecule has 0 bridgehead atoms. The summed E-state index contributed by atoms with van der Waals surface area (Å²) < 4.78 is 5.72. The van der Waals surface area contributed by atoms with Gasteiger partial charge in [0, 0.05) is 5.02 Å². The van der Waals surface area contributed by atoms with E-state index in [4.69, 9.17) is 16.3 Å². The summed E-state index contributed by atoms with van der Waals surface area (Å²) in [5.74, 6) is 0.492. The van der Waals surface area contributed by atoms with Gasteiger partial charge >= 0.3 is 0 Å². The molecule has 3 nitrogen and oxygen atoms in total. The molecule has 1 N–H and O–H groups in total. The number of amides is 1. The number of halogens is 1. The third kappa shape index (κ3) is 4.51. The molecule has 1 amide bonds. The van der Waals surface area contributed by atoms with Gasteiger partial charge < -0.3 is 10.1 Å². The Bertz CT molecular complexity index is 742. The van der Waals surface area contributed by atoms with Gasteiger partial charge in [-0.15, -0.1) is 0 Å². The Morgan fingerprint density at radius 1 is 1.00 bits per heavy atom. The van der Waals surface area contributed by atoms with Crippen LogP contribution in [0.25, 0.3) is 0 Å². The molecule has 0 spiro atoms. The first-order valence-electron chi connectivity index (χ1n) is 8.08. The molecule has 0 unspecified atom stereocenters. The average Bonchev–Trinajstić information content (AvgIpc) is 2.53. The average molecular weight is 346 g/mol. The van der Waals surface area contributed by atoms with Crippen molar-refractivity contribution in [2.24, 2.45) is 0 Å². The molecule has 2 atom stereocenters. The van der Waals surface area contributed by atoms with Gasteiger partial charge in [0.05, 0.1) is 6.04 Å². The minimum absolute atomic E-state index is 0.0743. The molecule has 0 radical (unpaired) electrons. The number of nitrogens with one attached hydrogen (secondary N) is 1. The molecule has 0 saturated heterocycles. The number of rotatable bonds is 5. The third-order valence-electron chi connectivity index (χ3n) is 4.20. The quantitative estimate of drug-likeness (QED) is 0.836. The van der Waals surface area contributed by atoms with E-state index in [-0.39, 0.29) is 11.9 Å². The van der Waals surface area contributed by atoms with Crippen LogP contribution < -0.4 is 10.1 Å². The maximum Gasteiger partial charge on any atom is 0.261 e. The van der Waals surface area contributed by atoms with Crippen molar-refractivity contribution < 1.29 is 9.53 Å². The fourth-order valence-corrected chi connectivity index (χ4v) is 2.51. The molecule has 128 valence electrons. The molecule has 4 heteroatoms. The molecule has 0 fully saturated rings. The summed E-state index contributed by atoms with van der Waals surface area (Å²) in [6.45, 7) is 9.77. The Morgan fingerprint density at radius 3 is 2.33 bits per heavy atom. The maximum absolute atomic E-state index is 12.4. The van der Waals surface area contributed by atoms with Crippen LogP contribution in [0.4, 0.5) is 0 Å². The highest BCUT2D eigenvalue weighted by Gasteiger charge is 2.18. The van der Waals surface area contributed by atoms with Crippen LogP contribution in [0.15, 0.2) is 36.4 Å². The molecule has 0 heterocycles.